The predicted octanol–water partition coefficient (Wildman–Crippen LogP) is 3.80. The van der Waals surface area contributed by atoms with Crippen LogP contribution in [0, 0.1) is 0 Å². The average molecular weight is 339 g/mol. The van der Waals surface area contributed by atoms with Gasteiger partial charge in [0.2, 0.25) is 0 Å². The van der Waals surface area contributed by atoms with Crippen molar-refractivity contribution in [2.75, 3.05) is 11.1 Å². The number of para-hydroxylation sites is 2. The molecule has 0 saturated carbocycles. The molecule has 1 unspecified atom stereocenters. The van der Waals surface area contributed by atoms with Crippen LogP contribution in [0.1, 0.15) is 6.92 Å². The van der Waals surface area contributed by atoms with Crippen molar-refractivity contribution >= 4 is 28.1 Å². The van der Waals surface area contributed by atoms with Gasteiger partial charge in [-0.1, -0.05) is 30.3 Å². The van der Waals surface area contributed by atoms with Crippen LogP contribution in [-0.2, 0) is 4.79 Å². The molecule has 0 aliphatic carbocycles. The van der Waals surface area contributed by atoms with Crippen molar-refractivity contribution in [3.05, 3.63) is 60.0 Å². The van der Waals surface area contributed by atoms with Crippen molar-refractivity contribution in [3.8, 4) is 17.0 Å². The Hall–Kier alpha value is -2.86. The molecule has 1 atom stereocenters. The summed E-state index contributed by atoms with van der Waals surface area (Å²) in [5.41, 5.74) is 7.99. The number of nitrogen functional groups attached to an aromatic ring is 1. The summed E-state index contributed by atoms with van der Waals surface area (Å²) in [4.78, 5) is 16.6. The molecule has 0 spiro atoms. The van der Waals surface area contributed by atoms with E-state index in [2.05, 4.69) is 10.3 Å². The fraction of sp³-hybridized carbons (Fsp3) is 0.111. The summed E-state index contributed by atoms with van der Waals surface area (Å²) in [6, 6.07) is 16.7. The van der Waals surface area contributed by atoms with Gasteiger partial charge in [-0.2, -0.15) is 0 Å². The van der Waals surface area contributed by atoms with Gasteiger partial charge in [0.15, 0.2) is 11.2 Å². The van der Waals surface area contributed by atoms with E-state index in [0.29, 0.717) is 10.9 Å². The summed E-state index contributed by atoms with van der Waals surface area (Å²) >= 11 is 1.37. The van der Waals surface area contributed by atoms with Crippen molar-refractivity contribution in [1.82, 2.24) is 4.98 Å². The van der Waals surface area contributed by atoms with E-state index in [1.54, 1.807) is 6.92 Å². The fourth-order valence-electron chi connectivity index (χ4n) is 2.20. The number of benzene rings is 2. The van der Waals surface area contributed by atoms with Gasteiger partial charge in [0.25, 0.3) is 5.91 Å². The lowest BCUT2D eigenvalue weighted by molar-refractivity contribution is -0.122. The van der Waals surface area contributed by atoms with E-state index < -0.39 is 6.10 Å². The minimum atomic E-state index is -0.651. The SMILES string of the molecule is CC(Oc1ccccc1-c1csc(N)n1)C(=O)Nc1ccccc1. The first kappa shape index (κ1) is 16.0. The molecule has 24 heavy (non-hydrogen) atoms. The van der Waals surface area contributed by atoms with Crippen LogP contribution in [0.4, 0.5) is 10.8 Å². The van der Waals surface area contributed by atoms with Gasteiger partial charge in [-0.15, -0.1) is 11.3 Å². The van der Waals surface area contributed by atoms with Gasteiger partial charge in [-0.05, 0) is 31.2 Å². The van der Waals surface area contributed by atoms with Crippen molar-refractivity contribution in [2.45, 2.75) is 13.0 Å². The lowest BCUT2D eigenvalue weighted by atomic mass is 10.1. The van der Waals surface area contributed by atoms with E-state index in [9.17, 15) is 4.79 Å². The Bertz CT molecular complexity index is 833. The summed E-state index contributed by atoms with van der Waals surface area (Å²) in [5, 5.41) is 5.19. The van der Waals surface area contributed by atoms with Crippen LogP contribution < -0.4 is 15.8 Å². The second-order valence-electron chi connectivity index (χ2n) is 5.18. The monoisotopic (exact) mass is 339 g/mol. The van der Waals surface area contributed by atoms with E-state index in [4.69, 9.17) is 10.5 Å². The first-order valence-electron chi connectivity index (χ1n) is 7.46. The Morgan fingerprint density at radius 1 is 1.17 bits per heavy atom. The molecule has 0 radical (unpaired) electrons. The highest BCUT2D eigenvalue weighted by Crippen LogP contribution is 2.32. The predicted molar refractivity (Wildman–Crippen MR) is 97.1 cm³/mol. The number of carbonyl (C=O) groups is 1. The molecule has 0 aliphatic rings. The molecule has 0 aliphatic heterocycles. The van der Waals surface area contributed by atoms with E-state index in [-0.39, 0.29) is 5.91 Å². The molecule has 2 aromatic carbocycles. The number of hydrogen-bond donors (Lipinski definition) is 2. The van der Waals surface area contributed by atoms with Crippen LogP contribution in [0.25, 0.3) is 11.3 Å². The number of anilines is 2. The molecular formula is C18H17N3O2S. The Morgan fingerprint density at radius 2 is 1.88 bits per heavy atom. The molecule has 6 heteroatoms. The molecule has 1 amide bonds. The number of amides is 1. The number of ether oxygens (including phenoxy) is 1. The minimum absolute atomic E-state index is 0.214. The number of carbonyl (C=O) groups excluding carboxylic acids is 1. The third kappa shape index (κ3) is 3.72. The molecular weight excluding hydrogens is 322 g/mol. The number of aromatic nitrogens is 1. The number of hydrogen-bond acceptors (Lipinski definition) is 5. The number of thiazole rings is 1. The van der Waals surface area contributed by atoms with Gasteiger partial charge < -0.3 is 15.8 Å². The van der Waals surface area contributed by atoms with Gasteiger partial charge in [0, 0.05) is 16.6 Å². The standard InChI is InChI=1S/C18H17N3O2S/c1-12(17(22)20-13-7-3-2-4-8-13)23-16-10-6-5-9-14(16)15-11-24-18(19)21-15/h2-12H,1H3,(H2,19,21)(H,20,22). The molecule has 1 heterocycles. The number of nitrogens with two attached hydrogens (primary N) is 1. The van der Waals surface area contributed by atoms with E-state index in [1.807, 2.05) is 60.0 Å². The van der Waals surface area contributed by atoms with Gasteiger partial charge >= 0.3 is 0 Å². The quantitative estimate of drug-likeness (QED) is 0.741. The number of nitrogens with zero attached hydrogens (tertiary/aromatic N) is 1. The molecule has 3 rings (SSSR count). The summed E-state index contributed by atoms with van der Waals surface area (Å²) in [7, 11) is 0. The van der Waals surface area contributed by atoms with Crippen molar-refractivity contribution in [3.63, 3.8) is 0 Å². The van der Waals surface area contributed by atoms with Crippen LogP contribution in [-0.4, -0.2) is 17.0 Å². The topological polar surface area (TPSA) is 77.2 Å². The zero-order valence-corrected chi connectivity index (χ0v) is 13.9. The number of rotatable bonds is 5. The highest BCUT2D eigenvalue weighted by atomic mass is 32.1. The van der Waals surface area contributed by atoms with Crippen LogP contribution in [0.5, 0.6) is 5.75 Å². The maximum atomic E-state index is 12.3. The van der Waals surface area contributed by atoms with E-state index in [1.165, 1.54) is 11.3 Å². The normalized spacial score (nSPS) is 11.7. The zero-order chi connectivity index (χ0) is 16.9. The van der Waals surface area contributed by atoms with Crippen molar-refractivity contribution in [1.29, 1.82) is 0 Å². The van der Waals surface area contributed by atoms with Crippen LogP contribution in [0.2, 0.25) is 0 Å². The van der Waals surface area contributed by atoms with E-state index >= 15 is 0 Å². The van der Waals surface area contributed by atoms with Crippen molar-refractivity contribution in [2.24, 2.45) is 0 Å². The third-order valence-corrected chi connectivity index (χ3v) is 4.07. The summed E-state index contributed by atoms with van der Waals surface area (Å²) in [6.07, 6.45) is -0.651. The zero-order valence-electron chi connectivity index (χ0n) is 13.1. The fourth-order valence-corrected chi connectivity index (χ4v) is 2.76. The van der Waals surface area contributed by atoms with Gasteiger partial charge in [-0.25, -0.2) is 4.98 Å². The first-order valence-corrected chi connectivity index (χ1v) is 8.34. The highest BCUT2D eigenvalue weighted by molar-refractivity contribution is 7.13. The lowest BCUT2D eigenvalue weighted by Crippen LogP contribution is -2.30. The minimum Gasteiger partial charge on any atom is -0.480 e. The van der Waals surface area contributed by atoms with Gasteiger partial charge in [0.05, 0.1) is 5.69 Å². The van der Waals surface area contributed by atoms with Gasteiger partial charge in [0.1, 0.15) is 5.75 Å². The van der Waals surface area contributed by atoms with Crippen molar-refractivity contribution < 1.29 is 9.53 Å². The average Bonchev–Trinajstić information content (AvgIpc) is 3.02. The Labute approximate surface area is 144 Å². The third-order valence-electron chi connectivity index (χ3n) is 3.40. The molecule has 1 aromatic heterocycles. The Kier molecular flexibility index (Phi) is 4.77. The number of nitrogens with one attached hydrogen (secondary N) is 1. The largest absolute Gasteiger partial charge is 0.480 e. The maximum Gasteiger partial charge on any atom is 0.265 e. The maximum absolute atomic E-state index is 12.3. The molecule has 5 nitrogen and oxygen atoms in total. The molecule has 0 fully saturated rings. The summed E-state index contributed by atoms with van der Waals surface area (Å²) < 4.78 is 5.85. The van der Waals surface area contributed by atoms with Crippen LogP contribution in [0.3, 0.4) is 0 Å². The smallest absolute Gasteiger partial charge is 0.265 e. The second kappa shape index (κ2) is 7.14. The first-order chi connectivity index (χ1) is 11.6. The summed E-state index contributed by atoms with van der Waals surface area (Å²) in [6.45, 7) is 1.71. The second-order valence-corrected chi connectivity index (χ2v) is 6.07. The lowest BCUT2D eigenvalue weighted by Gasteiger charge is -2.16. The van der Waals surface area contributed by atoms with E-state index in [0.717, 1.165) is 16.9 Å². The Balaban J connectivity index is 1.75. The molecule has 3 aromatic rings. The Morgan fingerprint density at radius 3 is 2.58 bits per heavy atom. The van der Waals surface area contributed by atoms with Crippen LogP contribution >= 0.6 is 11.3 Å². The molecule has 0 saturated heterocycles. The molecule has 3 N–H and O–H groups in total. The summed E-state index contributed by atoms with van der Waals surface area (Å²) in [5.74, 6) is 0.382. The highest BCUT2D eigenvalue weighted by Gasteiger charge is 2.17. The molecule has 122 valence electrons. The molecule has 0 bridgehead atoms. The van der Waals surface area contributed by atoms with Gasteiger partial charge in [-0.3, -0.25) is 4.79 Å². The van der Waals surface area contributed by atoms with Crippen LogP contribution in [0.15, 0.2) is 60.0 Å².